The maximum absolute atomic E-state index is 10.1. The van der Waals surface area contributed by atoms with Crippen LogP contribution in [0.2, 0.25) is 0 Å². The molecule has 0 saturated carbocycles. The highest BCUT2D eigenvalue weighted by Gasteiger charge is 2.03. The van der Waals surface area contributed by atoms with E-state index in [0.717, 1.165) is 5.56 Å². The van der Waals surface area contributed by atoms with Crippen LogP contribution >= 0.6 is 0 Å². The van der Waals surface area contributed by atoms with Crippen molar-refractivity contribution < 1.29 is 4.79 Å². The van der Waals surface area contributed by atoms with Crippen molar-refractivity contribution in [3.63, 3.8) is 0 Å². The number of nitrogens with one attached hydrogen (secondary N) is 1. The zero-order chi connectivity index (χ0) is 8.81. The molecule has 0 saturated heterocycles. The molecule has 2 heteroatoms. The van der Waals surface area contributed by atoms with Gasteiger partial charge in [0.1, 0.15) is 6.04 Å². The van der Waals surface area contributed by atoms with E-state index in [9.17, 15) is 4.79 Å². The van der Waals surface area contributed by atoms with Gasteiger partial charge in [0.05, 0.1) is 0 Å². The molecule has 0 aromatic heterocycles. The summed E-state index contributed by atoms with van der Waals surface area (Å²) in [5, 5.41) is 2.53. The van der Waals surface area contributed by atoms with Gasteiger partial charge in [0.2, 0.25) is 6.41 Å². The quantitative estimate of drug-likeness (QED) is 0.519. The lowest BCUT2D eigenvalue weighted by atomic mass is 10.1. The van der Waals surface area contributed by atoms with E-state index in [1.165, 1.54) is 0 Å². The van der Waals surface area contributed by atoms with Gasteiger partial charge in [-0.3, -0.25) is 4.79 Å². The molecule has 0 aliphatic heterocycles. The average molecular weight is 159 g/mol. The van der Waals surface area contributed by atoms with Gasteiger partial charge in [0.15, 0.2) is 0 Å². The van der Waals surface area contributed by atoms with Crippen LogP contribution in [0, 0.1) is 12.3 Å². The van der Waals surface area contributed by atoms with Crippen molar-refractivity contribution >= 4 is 6.41 Å². The molecule has 1 atom stereocenters. The SMILES string of the molecule is C#CC(NC=O)c1ccccc1. The Bertz CT molecular complexity index is 286. The molecule has 1 amide bonds. The van der Waals surface area contributed by atoms with Gasteiger partial charge < -0.3 is 5.32 Å². The summed E-state index contributed by atoms with van der Waals surface area (Å²) in [4.78, 5) is 10.1. The number of carbonyl (C=O) groups is 1. The van der Waals surface area contributed by atoms with Gasteiger partial charge in [-0.25, -0.2) is 0 Å². The molecule has 1 unspecified atom stereocenters. The number of terminal acetylenes is 1. The lowest BCUT2D eigenvalue weighted by Crippen LogP contribution is -2.17. The van der Waals surface area contributed by atoms with Crippen molar-refractivity contribution in [1.29, 1.82) is 0 Å². The molecule has 0 aliphatic rings. The highest BCUT2D eigenvalue weighted by Crippen LogP contribution is 2.09. The van der Waals surface area contributed by atoms with E-state index in [4.69, 9.17) is 6.42 Å². The molecule has 0 spiro atoms. The summed E-state index contributed by atoms with van der Waals surface area (Å²) >= 11 is 0. The summed E-state index contributed by atoms with van der Waals surface area (Å²) in [6.45, 7) is 0. The maximum atomic E-state index is 10.1. The number of hydrogen-bond acceptors (Lipinski definition) is 1. The molecule has 0 radical (unpaired) electrons. The first kappa shape index (κ1) is 8.35. The Morgan fingerprint density at radius 2 is 2.08 bits per heavy atom. The van der Waals surface area contributed by atoms with Gasteiger partial charge in [-0.05, 0) is 5.56 Å². The predicted molar refractivity (Wildman–Crippen MR) is 47.2 cm³/mol. The molecule has 12 heavy (non-hydrogen) atoms. The predicted octanol–water partition coefficient (Wildman–Crippen LogP) is 1.11. The fourth-order valence-corrected chi connectivity index (χ4v) is 0.954. The smallest absolute Gasteiger partial charge is 0.208 e. The van der Waals surface area contributed by atoms with E-state index in [2.05, 4.69) is 11.2 Å². The Morgan fingerprint density at radius 3 is 2.58 bits per heavy atom. The van der Waals surface area contributed by atoms with Gasteiger partial charge in [0, 0.05) is 0 Å². The molecule has 1 aromatic carbocycles. The Labute approximate surface area is 71.6 Å². The van der Waals surface area contributed by atoms with Crippen LogP contribution in [0.15, 0.2) is 30.3 Å². The van der Waals surface area contributed by atoms with Gasteiger partial charge in [-0.15, -0.1) is 6.42 Å². The third-order valence-corrected chi connectivity index (χ3v) is 1.53. The van der Waals surface area contributed by atoms with Crippen molar-refractivity contribution in [3.8, 4) is 12.3 Å². The third kappa shape index (κ3) is 1.86. The first-order chi connectivity index (χ1) is 5.88. The van der Waals surface area contributed by atoms with E-state index in [-0.39, 0.29) is 6.04 Å². The van der Waals surface area contributed by atoms with Crippen molar-refractivity contribution in [2.24, 2.45) is 0 Å². The van der Waals surface area contributed by atoms with Crippen LogP contribution in [0.1, 0.15) is 11.6 Å². The molecule has 60 valence electrons. The van der Waals surface area contributed by atoms with E-state index < -0.39 is 0 Å². The number of carbonyl (C=O) groups excluding carboxylic acids is 1. The summed E-state index contributed by atoms with van der Waals surface area (Å²) in [5.41, 5.74) is 0.923. The largest absolute Gasteiger partial charge is 0.341 e. The topological polar surface area (TPSA) is 29.1 Å². The summed E-state index contributed by atoms with van der Waals surface area (Å²) in [5.74, 6) is 2.48. The van der Waals surface area contributed by atoms with Crippen LogP contribution in [0.5, 0.6) is 0 Å². The molecule has 0 bridgehead atoms. The lowest BCUT2D eigenvalue weighted by Gasteiger charge is -2.08. The van der Waals surface area contributed by atoms with Gasteiger partial charge in [0.25, 0.3) is 0 Å². The van der Waals surface area contributed by atoms with Crippen LogP contribution in [0.4, 0.5) is 0 Å². The van der Waals surface area contributed by atoms with Gasteiger partial charge in [-0.2, -0.15) is 0 Å². The minimum absolute atomic E-state index is 0.316. The minimum Gasteiger partial charge on any atom is -0.341 e. The zero-order valence-corrected chi connectivity index (χ0v) is 6.53. The van der Waals surface area contributed by atoms with Crippen LogP contribution in [0.3, 0.4) is 0 Å². The number of amides is 1. The van der Waals surface area contributed by atoms with Crippen molar-refractivity contribution in [2.75, 3.05) is 0 Å². The molecule has 1 aromatic rings. The first-order valence-electron chi connectivity index (χ1n) is 3.59. The highest BCUT2D eigenvalue weighted by molar-refractivity contribution is 5.49. The summed E-state index contributed by atoms with van der Waals surface area (Å²) in [7, 11) is 0. The van der Waals surface area contributed by atoms with E-state index >= 15 is 0 Å². The highest BCUT2D eigenvalue weighted by atomic mass is 16.1. The number of hydrogen-bond donors (Lipinski definition) is 1. The lowest BCUT2D eigenvalue weighted by molar-refractivity contribution is -0.109. The van der Waals surface area contributed by atoms with Crippen LogP contribution in [-0.4, -0.2) is 6.41 Å². The molecular formula is C10H9NO. The second kappa shape index (κ2) is 4.20. The van der Waals surface area contributed by atoms with Crippen molar-refractivity contribution in [2.45, 2.75) is 6.04 Å². The zero-order valence-electron chi connectivity index (χ0n) is 6.53. The van der Waals surface area contributed by atoms with Crippen LogP contribution < -0.4 is 5.32 Å². The third-order valence-electron chi connectivity index (χ3n) is 1.53. The molecule has 0 aliphatic carbocycles. The Morgan fingerprint density at radius 1 is 1.42 bits per heavy atom. The molecule has 1 N–H and O–H groups in total. The van der Waals surface area contributed by atoms with Crippen LogP contribution in [0.25, 0.3) is 0 Å². The molecule has 0 heterocycles. The Balaban J connectivity index is 2.82. The fraction of sp³-hybridized carbons (Fsp3) is 0.100. The summed E-state index contributed by atoms with van der Waals surface area (Å²) in [6, 6.07) is 9.10. The summed E-state index contributed by atoms with van der Waals surface area (Å²) < 4.78 is 0. The van der Waals surface area contributed by atoms with E-state index in [1.807, 2.05) is 30.3 Å². The normalized spacial score (nSPS) is 11.2. The van der Waals surface area contributed by atoms with E-state index in [0.29, 0.717) is 6.41 Å². The average Bonchev–Trinajstić information content (AvgIpc) is 2.15. The summed E-state index contributed by atoms with van der Waals surface area (Å²) in [6.07, 6.45) is 5.83. The fourth-order valence-electron chi connectivity index (χ4n) is 0.954. The van der Waals surface area contributed by atoms with Gasteiger partial charge >= 0.3 is 0 Å². The number of rotatable bonds is 3. The van der Waals surface area contributed by atoms with E-state index in [1.54, 1.807) is 0 Å². The molecule has 1 rings (SSSR count). The molecule has 0 fully saturated rings. The Hall–Kier alpha value is -1.75. The number of benzene rings is 1. The monoisotopic (exact) mass is 159 g/mol. The first-order valence-corrected chi connectivity index (χ1v) is 3.59. The van der Waals surface area contributed by atoms with Crippen molar-refractivity contribution in [3.05, 3.63) is 35.9 Å². The van der Waals surface area contributed by atoms with Gasteiger partial charge in [-0.1, -0.05) is 36.3 Å². The van der Waals surface area contributed by atoms with Crippen LogP contribution in [-0.2, 0) is 4.79 Å². The maximum Gasteiger partial charge on any atom is 0.208 e. The standard InChI is InChI=1S/C10H9NO/c1-2-10(11-8-12)9-6-4-3-5-7-9/h1,3-8,10H,(H,11,12). The Kier molecular flexibility index (Phi) is 2.92. The minimum atomic E-state index is -0.316. The molecule has 2 nitrogen and oxygen atoms in total. The molecular weight excluding hydrogens is 150 g/mol. The second-order valence-electron chi connectivity index (χ2n) is 2.29. The second-order valence-corrected chi connectivity index (χ2v) is 2.29. The van der Waals surface area contributed by atoms with Crippen molar-refractivity contribution in [1.82, 2.24) is 5.32 Å².